The normalized spacial score (nSPS) is 10.7. The van der Waals surface area contributed by atoms with Crippen molar-refractivity contribution in [3.05, 3.63) is 59.4 Å². The van der Waals surface area contributed by atoms with E-state index in [0.717, 1.165) is 30.1 Å². The summed E-state index contributed by atoms with van der Waals surface area (Å²) in [6.07, 6.45) is 0.785. The molecule has 0 amide bonds. The molecule has 2 rings (SSSR count). The van der Waals surface area contributed by atoms with Crippen LogP contribution in [0.2, 0.25) is 0 Å². The molecule has 0 aliphatic carbocycles. The molecule has 0 atom stereocenters. The number of benzene rings is 2. The molecule has 7 heteroatoms. The number of para-hydroxylation sites is 1. The van der Waals surface area contributed by atoms with Gasteiger partial charge in [-0.1, -0.05) is 24.3 Å². The molecule has 148 valence electrons. The molecule has 0 radical (unpaired) electrons. The van der Waals surface area contributed by atoms with Crippen molar-refractivity contribution in [3.8, 4) is 11.5 Å². The lowest BCUT2D eigenvalue weighted by atomic mass is 10.1. The van der Waals surface area contributed by atoms with Crippen molar-refractivity contribution in [1.29, 1.82) is 0 Å². The van der Waals surface area contributed by atoms with Crippen molar-refractivity contribution in [2.75, 3.05) is 27.3 Å². The molecule has 2 aromatic carbocycles. The Balaban J connectivity index is 0.00000364. The third kappa shape index (κ3) is 7.24. The second-order valence-corrected chi connectivity index (χ2v) is 5.65. The Morgan fingerprint density at radius 3 is 2.41 bits per heavy atom. The maximum absolute atomic E-state index is 13.0. The van der Waals surface area contributed by atoms with Crippen molar-refractivity contribution in [3.63, 3.8) is 0 Å². The van der Waals surface area contributed by atoms with E-state index in [-0.39, 0.29) is 29.8 Å². The topological polar surface area (TPSA) is 54.9 Å². The van der Waals surface area contributed by atoms with Crippen LogP contribution in [-0.2, 0) is 13.0 Å². The quantitative estimate of drug-likeness (QED) is 0.339. The molecule has 27 heavy (non-hydrogen) atoms. The monoisotopic (exact) mass is 487 g/mol. The second-order valence-electron chi connectivity index (χ2n) is 5.65. The number of aliphatic imine (C=N–C) groups is 1. The number of nitrogens with one attached hydrogen (secondary N) is 2. The van der Waals surface area contributed by atoms with Gasteiger partial charge in [-0.15, -0.1) is 24.0 Å². The SMILES string of the molecule is CCNC(=NCc1cccc(OC)c1OC)NCCc1ccc(F)cc1.I. The number of ether oxygens (including phenoxy) is 2. The number of rotatable bonds is 8. The van der Waals surface area contributed by atoms with E-state index < -0.39 is 0 Å². The Kier molecular flexibility index (Phi) is 10.5. The number of methoxy groups -OCH3 is 2. The first kappa shape index (κ1) is 23.0. The van der Waals surface area contributed by atoms with Gasteiger partial charge in [0.05, 0.1) is 20.8 Å². The molecular weight excluding hydrogens is 460 g/mol. The van der Waals surface area contributed by atoms with Gasteiger partial charge in [-0.25, -0.2) is 9.38 Å². The average Bonchev–Trinajstić information content (AvgIpc) is 2.67. The third-order valence-corrected chi connectivity index (χ3v) is 3.86. The summed E-state index contributed by atoms with van der Waals surface area (Å²) < 4.78 is 23.7. The van der Waals surface area contributed by atoms with Gasteiger partial charge < -0.3 is 20.1 Å². The van der Waals surface area contributed by atoms with Crippen LogP contribution in [0.15, 0.2) is 47.5 Å². The molecule has 0 saturated heterocycles. The molecule has 2 N–H and O–H groups in total. The summed E-state index contributed by atoms with van der Waals surface area (Å²) in [7, 11) is 3.24. The molecule has 0 fully saturated rings. The standard InChI is InChI=1S/C20H26FN3O2.HI/c1-4-22-20(23-13-12-15-8-10-17(21)11-9-15)24-14-16-6-5-7-18(25-2)19(16)26-3;/h5-11H,4,12-14H2,1-3H3,(H2,22,23,24);1H. The number of hydrogen-bond donors (Lipinski definition) is 2. The predicted octanol–water partition coefficient (Wildman–Crippen LogP) is 3.76. The van der Waals surface area contributed by atoms with Crippen LogP contribution in [0.4, 0.5) is 4.39 Å². The Morgan fingerprint density at radius 2 is 1.78 bits per heavy atom. The van der Waals surface area contributed by atoms with E-state index in [1.807, 2.05) is 25.1 Å². The van der Waals surface area contributed by atoms with Gasteiger partial charge in [-0.2, -0.15) is 0 Å². The van der Waals surface area contributed by atoms with E-state index in [1.165, 1.54) is 12.1 Å². The van der Waals surface area contributed by atoms with Gasteiger partial charge in [-0.05, 0) is 37.1 Å². The van der Waals surface area contributed by atoms with E-state index in [0.29, 0.717) is 24.6 Å². The highest BCUT2D eigenvalue weighted by molar-refractivity contribution is 14.0. The molecule has 0 spiro atoms. The average molecular weight is 487 g/mol. The largest absolute Gasteiger partial charge is 0.493 e. The van der Waals surface area contributed by atoms with E-state index >= 15 is 0 Å². The van der Waals surface area contributed by atoms with Crippen LogP contribution in [0, 0.1) is 5.82 Å². The third-order valence-electron chi connectivity index (χ3n) is 3.86. The Labute approximate surface area is 177 Å². The summed E-state index contributed by atoms with van der Waals surface area (Å²) in [5.74, 6) is 1.89. The lowest BCUT2D eigenvalue weighted by molar-refractivity contribution is 0.352. The van der Waals surface area contributed by atoms with Crippen LogP contribution in [0.5, 0.6) is 11.5 Å². The number of hydrogen-bond acceptors (Lipinski definition) is 3. The van der Waals surface area contributed by atoms with Gasteiger partial charge in [0.1, 0.15) is 5.82 Å². The van der Waals surface area contributed by atoms with Crippen LogP contribution in [-0.4, -0.2) is 33.3 Å². The first-order valence-electron chi connectivity index (χ1n) is 8.64. The Bertz CT molecular complexity index is 724. The van der Waals surface area contributed by atoms with Gasteiger partial charge in [-0.3, -0.25) is 0 Å². The minimum atomic E-state index is -0.219. The molecule has 0 unspecified atom stereocenters. The van der Waals surface area contributed by atoms with Gasteiger partial charge in [0.25, 0.3) is 0 Å². The second kappa shape index (κ2) is 12.4. The highest BCUT2D eigenvalue weighted by Crippen LogP contribution is 2.30. The summed E-state index contributed by atoms with van der Waals surface area (Å²) >= 11 is 0. The van der Waals surface area contributed by atoms with Gasteiger partial charge in [0, 0.05) is 18.7 Å². The van der Waals surface area contributed by atoms with Crippen molar-refractivity contribution in [2.24, 2.45) is 4.99 Å². The van der Waals surface area contributed by atoms with E-state index in [2.05, 4.69) is 15.6 Å². The first-order valence-corrected chi connectivity index (χ1v) is 8.64. The zero-order valence-corrected chi connectivity index (χ0v) is 18.3. The number of nitrogens with zero attached hydrogens (tertiary/aromatic N) is 1. The lowest BCUT2D eigenvalue weighted by Gasteiger charge is -2.13. The fourth-order valence-corrected chi connectivity index (χ4v) is 2.56. The van der Waals surface area contributed by atoms with E-state index in [9.17, 15) is 4.39 Å². The fraction of sp³-hybridized carbons (Fsp3) is 0.350. The molecule has 0 aromatic heterocycles. The lowest BCUT2D eigenvalue weighted by Crippen LogP contribution is -2.38. The summed E-state index contributed by atoms with van der Waals surface area (Å²) in [6, 6.07) is 12.3. The van der Waals surface area contributed by atoms with Crippen molar-refractivity contribution in [2.45, 2.75) is 19.9 Å². The first-order chi connectivity index (χ1) is 12.7. The highest BCUT2D eigenvalue weighted by atomic mass is 127. The van der Waals surface area contributed by atoms with Crippen molar-refractivity contribution in [1.82, 2.24) is 10.6 Å². The number of halogens is 2. The Morgan fingerprint density at radius 1 is 1.04 bits per heavy atom. The van der Waals surface area contributed by atoms with Crippen molar-refractivity contribution >= 4 is 29.9 Å². The van der Waals surface area contributed by atoms with Crippen LogP contribution >= 0.6 is 24.0 Å². The zero-order valence-electron chi connectivity index (χ0n) is 15.9. The van der Waals surface area contributed by atoms with Crippen LogP contribution in [0.1, 0.15) is 18.1 Å². The number of guanidine groups is 1. The summed E-state index contributed by atoms with van der Waals surface area (Å²) in [4.78, 5) is 4.61. The van der Waals surface area contributed by atoms with E-state index in [4.69, 9.17) is 9.47 Å². The van der Waals surface area contributed by atoms with E-state index in [1.54, 1.807) is 26.4 Å². The summed E-state index contributed by atoms with van der Waals surface area (Å²) in [5, 5.41) is 6.51. The summed E-state index contributed by atoms with van der Waals surface area (Å²) in [6.45, 7) is 3.94. The minimum absolute atomic E-state index is 0. The minimum Gasteiger partial charge on any atom is -0.493 e. The molecule has 0 aliphatic rings. The highest BCUT2D eigenvalue weighted by Gasteiger charge is 2.09. The molecular formula is C20H27FIN3O2. The Hall–Kier alpha value is -2.03. The van der Waals surface area contributed by atoms with Gasteiger partial charge in [0.2, 0.25) is 0 Å². The van der Waals surface area contributed by atoms with Crippen molar-refractivity contribution < 1.29 is 13.9 Å². The smallest absolute Gasteiger partial charge is 0.191 e. The fourth-order valence-electron chi connectivity index (χ4n) is 2.56. The molecule has 0 bridgehead atoms. The molecule has 2 aromatic rings. The zero-order chi connectivity index (χ0) is 18.8. The molecule has 0 aliphatic heterocycles. The summed E-state index contributed by atoms with van der Waals surface area (Å²) in [5.41, 5.74) is 2.02. The maximum atomic E-state index is 13.0. The van der Waals surface area contributed by atoms with Gasteiger partial charge in [0.15, 0.2) is 17.5 Å². The van der Waals surface area contributed by atoms with Crippen LogP contribution in [0.3, 0.4) is 0 Å². The van der Waals surface area contributed by atoms with Gasteiger partial charge >= 0.3 is 0 Å². The molecule has 0 saturated carbocycles. The molecule has 0 heterocycles. The molecule has 5 nitrogen and oxygen atoms in total. The van der Waals surface area contributed by atoms with Crippen LogP contribution in [0.25, 0.3) is 0 Å². The maximum Gasteiger partial charge on any atom is 0.191 e. The van der Waals surface area contributed by atoms with Crippen LogP contribution < -0.4 is 20.1 Å². The predicted molar refractivity (Wildman–Crippen MR) is 118 cm³/mol.